The van der Waals surface area contributed by atoms with E-state index in [1.54, 1.807) is 0 Å². The summed E-state index contributed by atoms with van der Waals surface area (Å²) in [5.41, 5.74) is 6.62. The van der Waals surface area contributed by atoms with Crippen LogP contribution in [-0.4, -0.2) is 19.1 Å². The Bertz CT molecular complexity index is 143. The molecule has 0 bridgehead atoms. The zero-order valence-electron chi connectivity index (χ0n) is 8.05. The van der Waals surface area contributed by atoms with Crippen molar-refractivity contribution in [1.29, 1.82) is 0 Å². The van der Waals surface area contributed by atoms with Gasteiger partial charge in [-0.1, -0.05) is 19.3 Å². The molecule has 2 rings (SSSR count). The predicted molar refractivity (Wildman–Crippen MR) is 46.6 cm³/mol. The van der Waals surface area contributed by atoms with Crippen LogP contribution in [0.1, 0.15) is 32.1 Å². The molecule has 1 aliphatic heterocycles. The molecule has 2 aliphatic rings. The van der Waals surface area contributed by atoms with Crippen molar-refractivity contribution in [3.63, 3.8) is 0 Å². The zero-order valence-corrected chi connectivity index (χ0v) is 11.2. The minimum Gasteiger partial charge on any atom is -0.662 e. The van der Waals surface area contributed by atoms with Gasteiger partial charge in [0.15, 0.2) is 0 Å². The van der Waals surface area contributed by atoms with E-state index in [0.717, 1.165) is 13.1 Å². The van der Waals surface area contributed by atoms with E-state index in [4.69, 9.17) is 5.73 Å². The maximum atomic E-state index is 6.10. The topological polar surface area (TPSA) is 40.1 Å². The molecule has 0 aromatic heterocycles. The second kappa shape index (κ2) is 4.87. The van der Waals surface area contributed by atoms with E-state index in [9.17, 15) is 0 Å². The van der Waals surface area contributed by atoms with Gasteiger partial charge in [0, 0.05) is 6.04 Å². The van der Waals surface area contributed by atoms with E-state index in [-0.39, 0.29) is 51.4 Å². The fraction of sp³-hybridized carbons (Fsp3) is 1.00. The summed E-state index contributed by atoms with van der Waals surface area (Å²) in [6, 6.07) is 0.484. The summed E-state index contributed by atoms with van der Waals surface area (Å²) in [6.07, 6.45) is 6.48. The molecule has 12 heavy (non-hydrogen) atoms. The van der Waals surface area contributed by atoms with E-state index in [1.807, 2.05) is 0 Å². The Balaban J connectivity index is 0.000000720. The van der Waals surface area contributed by atoms with Crippen LogP contribution in [0.2, 0.25) is 0 Å². The van der Waals surface area contributed by atoms with Crippen LogP contribution in [0.5, 0.6) is 0 Å². The van der Waals surface area contributed by atoms with Crippen molar-refractivity contribution in [1.82, 2.24) is 0 Å². The first-order valence-corrected chi connectivity index (χ1v) is 4.72. The fourth-order valence-electron chi connectivity index (χ4n) is 2.63. The molecule has 0 aromatic carbocycles. The number of piperidine rings is 1. The van der Waals surface area contributed by atoms with Gasteiger partial charge in [-0.25, -0.2) is 0 Å². The minimum atomic E-state index is 0. The van der Waals surface area contributed by atoms with Crippen molar-refractivity contribution in [3.8, 4) is 0 Å². The third kappa shape index (κ3) is 2.14. The monoisotopic (exact) mass is 192 g/mol. The minimum absolute atomic E-state index is 0. The molecule has 2 fully saturated rings. The van der Waals surface area contributed by atoms with Gasteiger partial charge in [-0.15, -0.1) is 13.1 Å². The van der Waals surface area contributed by atoms with Gasteiger partial charge in [-0.3, -0.25) is 0 Å². The quantitative estimate of drug-likeness (QED) is 0.474. The second-order valence-corrected chi connectivity index (χ2v) is 4.03. The third-order valence-corrected chi connectivity index (χ3v) is 3.51. The van der Waals surface area contributed by atoms with Crippen molar-refractivity contribution in [2.75, 3.05) is 13.1 Å². The standard InChI is InChI=1S/C9H17N2.K/c10-8-2-1-3-9(8)4-6-11-7-5-9;/h8H,1-7,10H2;/q-1;+1. The summed E-state index contributed by atoms with van der Waals surface area (Å²) < 4.78 is 0. The zero-order chi connectivity index (χ0) is 7.73. The smallest absolute Gasteiger partial charge is 0.662 e. The molecule has 1 saturated heterocycles. The van der Waals surface area contributed by atoms with Crippen LogP contribution < -0.4 is 57.1 Å². The molecule has 1 spiro atoms. The number of hydrogen-bond donors (Lipinski definition) is 1. The summed E-state index contributed by atoms with van der Waals surface area (Å²) in [7, 11) is 0. The Morgan fingerprint density at radius 2 is 1.83 bits per heavy atom. The fourth-order valence-corrected chi connectivity index (χ4v) is 2.63. The van der Waals surface area contributed by atoms with E-state index < -0.39 is 0 Å². The Hall–Kier alpha value is 1.56. The van der Waals surface area contributed by atoms with Gasteiger partial charge in [-0.05, 0) is 18.3 Å². The number of rotatable bonds is 0. The summed E-state index contributed by atoms with van der Waals surface area (Å²) >= 11 is 0. The van der Waals surface area contributed by atoms with Gasteiger partial charge in [0.25, 0.3) is 0 Å². The molecular weight excluding hydrogens is 175 g/mol. The number of nitrogens with two attached hydrogens (primary N) is 1. The van der Waals surface area contributed by atoms with Crippen LogP contribution in [-0.2, 0) is 0 Å². The average molecular weight is 192 g/mol. The molecule has 1 heterocycles. The molecule has 1 unspecified atom stereocenters. The SMILES string of the molecule is NC1CCCC12CC[N-]CC2.[K+]. The van der Waals surface area contributed by atoms with Gasteiger partial charge in [0.2, 0.25) is 0 Å². The van der Waals surface area contributed by atoms with Crippen molar-refractivity contribution in [3.05, 3.63) is 5.32 Å². The molecule has 1 atom stereocenters. The predicted octanol–water partition coefficient (Wildman–Crippen LogP) is -1.34. The second-order valence-electron chi connectivity index (χ2n) is 4.03. The van der Waals surface area contributed by atoms with Crippen molar-refractivity contribution < 1.29 is 51.4 Å². The van der Waals surface area contributed by atoms with Crippen LogP contribution in [0.15, 0.2) is 0 Å². The van der Waals surface area contributed by atoms with Crippen LogP contribution in [0.3, 0.4) is 0 Å². The van der Waals surface area contributed by atoms with Gasteiger partial charge in [0.1, 0.15) is 0 Å². The van der Waals surface area contributed by atoms with Crippen molar-refractivity contribution in [2.24, 2.45) is 11.1 Å². The Labute approximate surface area is 117 Å². The van der Waals surface area contributed by atoms with Crippen molar-refractivity contribution in [2.45, 2.75) is 38.1 Å². The number of hydrogen-bond acceptors (Lipinski definition) is 1. The molecule has 64 valence electrons. The first-order valence-electron chi connectivity index (χ1n) is 4.72. The Morgan fingerprint density at radius 3 is 2.33 bits per heavy atom. The summed E-state index contributed by atoms with van der Waals surface area (Å²) in [4.78, 5) is 0. The van der Waals surface area contributed by atoms with Crippen LogP contribution in [0.4, 0.5) is 0 Å². The van der Waals surface area contributed by atoms with E-state index in [2.05, 4.69) is 5.32 Å². The van der Waals surface area contributed by atoms with Crippen LogP contribution in [0.25, 0.3) is 5.32 Å². The van der Waals surface area contributed by atoms with E-state index in [0.29, 0.717) is 11.5 Å². The van der Waals surface area contributed by atoms with Gasteiger partial charge < -0.3 is 11.1 Å². The molecule has 2 nitrogen and oxygen atoms in total. The van der Waals surface area contributed by atoms with Crippen molar-refractivity contribution >= 4 is 0 Å². The summed E-state index contributed by atoms with van der Waals surface area (Å²) in [6.45, 7) is 2.13. The average Bonchev–Trinajstić information content (AvgIpc) is 2.36. The van der Waals surface area contributed by atoms with Gasteiger partial charge in [0.05, 0.1) is 0 Å². The maximum Gasteiger partial charge on any atom is 1.00 e. The van der Waals surface area contributed by atoms with Gasteiger partial charge >= 0.3 is 51.4 Å². The third-order valence-electron chi connectivity index (χ3n) is 3.51. The van der Waals surface area contributed by atoms with Crippen LogP contribution in [0, 0.1) is 5.41 Å². The summed E-state index contributed by atoms with van der Waals surface area (Å²) in [5.74, 6) is 0. The molecule has 0 radical (unpaired) electrons. The molecule has 3 heteroatoms. The number of nitrogens with zero attached hydrogens (tertiary/aromatic N) is 1. The van der Waals surface area contributed by atoms with Crippen LogP contribution >= 0.6 is 0 Å². The molecule has 1 aliphatic carbocycles. The first-order chi connectivity index (χ1) is 5.33. The Morgan fingerprint density at radius 1 is 1.17 bits per heavy atom. The molecular formula is C9H17KN2. The Kier molecular flexibility index (Phi) is 4.72. The maximum absolute atomic E-state index is 6.10. The molecule has 1 saturated carbocycles. The summed E-state index contributed by atoms with van der Waals surface area (Å²) in [5, 5.41) is 4.37. The molecule has 0 amide bonds. The molecule has 0 aromatic rings. The van der Waals surface area contributed by atoms with Gasteiger partial charge in [-0.2, -0.15) is 0 Å². The van der Waals surface area contributed by atoms with E-state index >= 15 is 0 Å². The largest absolute Gasteiger partial charge is 1.00 e. The normalized spacial score (nSPS) is 33.2. The molecule has 2 N–H and O–H groups in total. The first kappa shape index (κ1) is 11.6. The van der Waals surface area contributed by atoms with E-state index in [1.165, 1.54) is 32.1 Å².